The Bertz CT molecular complexity index is 673. The average molecular weight is 268 g/mol. The number of hydrogen-bond acceptors (Lipinski definition) is 3. The predicted octanol–water partition coefficient (Wildman–Crippen LogP) is 3.03. The van der Waals surface area contributed by atoms with Gasteiger partial charge in [-0.25, -0.2) is 0 Å². The molecule has 102 valence electrons. The second-order valence-electron chi connectivity index (χ2n) is 5.63. The molecule has 0 radical (unpaired) electrons. The van der Waals surface area contributed by atoms with Crippen LogP contribution in [0.15, 0.2) is 42.5 Å². The lowest BCUT2D eigenvalue weighted by Crippen LogP contribution is -2.23. The smallest absolute Gasteiger partial charge is 0.308 e. The van der Waals surface area contributed by atoms with Crippen LogP contribution in [0, 0.1) is 0 Å². The molecule has 0 aromatic heterocycles. The first-order valence-corrected chi connectivity index (χ1v) is 7.06. The van der Waals surface area contributed by atoms with Crippen molar-refractivity contribution in [1.82, 2.24) is 0 Å². The Hall–Kier alpha value is -1.87. The van der Waals surface area contributed by atoms with Crippen molar-refractivity contribution in [2.24, 2.45) is 0 Å². The molecule has 0 aliphatic carbocycles. The molecule has 2 aromatic rings. The fourth-order valence-electron chi connectivity index (χ4n) is 3.58. The molecule has 4 atom stereocenters. The van der Waals surface area contributed by atoms with Crippen LogP contribution in [0.5, 0.6) is 0 Å². The maximum atomic E-state index is 11.5. The van der Waals surface area contributed by atoms with Crippen molar-refractivity contribution < 1.29 is 14.3 Å². The highest BCUT2D eigenvalue weighted by atomic mass is 16.6. The molecular weight excluding hydrogens is 252 g/mol. The van der Waals surface area contributed by atoms with E-state index in [1.807, 2.05) is 12.1 Å². The van der Waals surface area contributed by atoms with Crippen molar-refractivity contribution in [2.75, 3.05) is 0 Å². The minimum absolute atomic E-state index is 0.0731. The molecule has 2 heterocycles. The number of carbonyl (C=O) groups is 1. The second-order valence-corrected chi connectivity index (χ2v) is 5.63. The maximum Gasteiger partial charge on any atom is 0.308 e. The summed E-state index contributed by atoms with van der Waals surface area (Å²) < 4.78 is 11.4. The van der Waals surface area contributed by atoms with E-state index in [9.17, 15) is 4.79 Å². The van der Waals surface area contributed by atoms with Gasteiger partial charge in [-0.2, -0.15) is 0 Å². The zero-order chi connectivity index (χ0) is 13.7. The van der Waals surface area contributed by atoms with Crippen LogP contribution in [0.25, 0.3) is 10.8 Å². The molecule has 0 spiro atoms. The van der Waals surface area contributed by atoms with E-state index in [4.69, 9.17) is 9.47 Å². The maximum absolute atomic E-state index is 11.5. The Morgan fingerprint density at radius 2 is 1.90 bits per heavy atom. The van der Waals surface area contributed by atoms with E-state index in [0.29, 0.717) is 6.42 Å². The molecule has 2 saturated heterocycles. The van der Waals surface area contributed by atoms with Crippen molar-refractivity contribution in [3.8, 4) is 0 Å². The third kappa shape index (κ3) is 1.66. The molecule has 20 heavy (non-hydrogen) atoms. The zero-order valence-electron chi connectivity index (χ0n) is 11.3. The van der Waals surface area contributed by atoms with E-state index in [-0.39, 0.29) is 30.2 Å². The lowest BCUT2D eigenvalue weighted by Gasteiger charge is -2.21. The number of ether oxygens (including phenoxy) is 2. The van der Waals surface area contributed by atoms with Crippen LogP contribution < -0.4 is 0 Å². The highest BCUT2D eigenvalue weighted by Gasteiger charge is 2.50. The monoisotopic (exact) mass is 268 g/mol. The summed E-state index contributed by atoms with van der Waals surface area (Å²) in [5.41, 5.74) is 1.22. The number of fused-ring (bicyclic) bond motifs is 2. The summed E-state index contributed by atoms with van der Waals surface area (Å²) in [5.74, 6) is -0.0188. The summed E-state index contributed by atoms with van der Waals surface area (Å²) in [4.78, 5) is 11.5. The van der Waals surface area contributed by atoms with Gasteiger partial charge in [0.15, 0.2) is 0 Å². The normalized spacial score (nSPS) is 32.4. The second kappa shape index (κ2) is 4.32. The van der Waals surface area contributed by atoms with Gasteiger partial charge in [-0.1, -0.05) is 42.5 Å². The van der Waals surface area contributed by atoms with Crippen molar-refractivity contribution in [3.63, 3.8) is 0 Å². The molecule has 4 rings (SSSR count). The van der Waals surface area contributed by atoms with Crippen LogP contribution >= 0.6 is 0 Å². The van der Waals surface area contributed by atoms with E-state index < -0.39 is 0 Å². The van der Waals surface area contributed by atoms with Gasteiger partial charge in [0.05, 0.1) is 18.4 Å². The third-order valence-electron chi connectivity index (χ3n) is 4.43. The molecule has 2 aliphatic rings. The summed E-state index contributed by atoms with van der Waals surface area (Å²) in [6.45, 7) is 2.07. The Labute approximate surface area is 117 Å². The molecule has 2 aliphatic heterocycles. The lowest BCUT2D eigenvalue weighted by molar-refractivity contribution is -0.142. The first-order chi connectivity index (χ1) is 9.74. The van der Waals surface area contributed by atoms with Gasteiger partial charge in [-0.3, -0.25) is 4.79 Å². The summed E-state index contributed by atoms with van der Waals surface area (Å²) in [5, 5.41) is 2.43. The summed E-state index contributed by atoms with van der Waals surface area (Å²) in [6, 6.07) is 14.6. The number of benzene rings is 2. The lowest BCUT2D eigenvalue weighted by atomic mass is 9.86. The van der Waals surface area contributed by atoms with Crippen LogP contribution in [0.4, 0.5) is 0 Å². The standard InChI is InChI=1S/C17H16O3/c1-10-16(17-14(19-10)9-15(18)20-17)13-8-4-6-11-5-2-3-7-12(11)13/h2-8,10,14,16-17H,9H2,1H3/t10?,14-,16-,17+/m0/s1. The van der Waals surface area contributed by atoms with Gasteiger partial charge in [0, 0.05) is 0 Å². The highest BCUT2D eigenvalue weighted by molar-refractivity contribution is 5.86. The largest absolute Gasteiger partial charge is 0.459 e. The van der Waals surface area contributed by atoms with Gasteiger partial charge >= 0.3 is 5.97 Å². The summed E-state index contributed by atoms with van der Waals surface area (Å²) >= 11 is 0. The molecular formula is C17H16O3. The third-order valence-corrected chi connectivity index (χ3v) is 4.43. The van der Waals surface area contributed by atoms with Crippen LogP contribution in [0.2, 0.25) is 0 Å². The van der Waals surface area contributed by atoms with Crippen molar-refractivity contribution in [3.05, 3.63) is 48.0 Å². The number of hydrogen-bond donors (Lipinski definition) is 0. The number of esters is 1. The van der Waals surface area contributed by atoms with Gasteiger partial charge in [-0.15, -0.1) is 0 Å². The van der Waals surface area contributed by atoms with Crippen molar-refractivity contribution >= 4 is 16.7 Å². The Kier molecular flexibility index (Phi) is 2.57. The minimum Gasteiger partial charge on any atom is -0.459 e. The predicted molar refractivity (Wildman–Crippen MR) is 75.5 cm³/mol. The van der Waals surface area contributed by atoms with Gasteiger partial charge in [0.1, 0.15) is 12.2 Å². The van der Waals surface area contributed by atoms with Gasteiger partial charge in [-0.05, 0) is 23.3 Å². The number of carbonyl (C=O) groups excluding carboxylic acids is 1. The Balaban J connectivity index is 1.84. The highest BCUT2D eigenvalue weighted by Crippen LogP contribution is 2.43. The molecule has 2 aromatic carbocycles. The van der Waals surface area contributed by atoms with Crippen LogP contribution in [0.3, 0.4) is 0 Å². The summed E-state index contributed by atoms with van der Waals surface area (Å²) in [6.07, 6.45) is 0.240. The van der Waals surface area contributed by atoms with E-state index in [2.05, 4.69) is 37.3 Å². The topological polar surface area (TPSA) is 35.5 Å². The number of rotatable bonds is 1. The zero-order valence-corrected chi connectivity index (χ0v) is 11.3. The van der Waals surface area contributed by atoms with E-state index in [0.717, 1.165) is 0 Å². The SMILES string of the molecule is CC1O[C@H]2CC(=O)O[C@H]2[C@@H]1c1cccc2ccccc12. The fraction of sp³-hybridized carbons (Fsp3) is 0.353. The summed E-state index contributed by atoms with van der Waals surface area (Å²) in [7, 11) is 0. The molecule has 0 N–H and O–H groups in total. The first-order valence-electron chi connectivity index (χ1n) is 7.06. The Morgan fingerprint density at radius 3 is 2.80 bits per heavy atom. The molecule has 0 amide bonds. The molecule has 2 fully saturated rings. The molecule has 3 nitrogen and oxygen atoms in total. The average Bonchev–Trinajstić information content (AvgIpc) is 2.93. The van der Waals surface area contributed by atoms with E-state index in [1.54, 1.807) is 0 Å². The van der Waals surface area contributed by atoms with Gasteiger partial charge in [0.25, 0.3) is 0 Å². The van der Waals surface area contributed by atoms with E-state index in [1.165, 1.54) is 16.3 Å². The quantitative estimate of drug-likeness (QED) is 0.746. The van der Waals surface area contributed by atoms with Crippen LogP contribution in [-0.4, -0.2) is 24.3 Å². The first kappa shape index (κ1) is 11.9. The molecule has 0 saturated carbocycles. The molecule has 0 bridgehead atoms. The Morgan fingerprint density at radius 1 is 1.10 bits per heavy atom. The van der Waals surface area contributed by atoms with Crippen molar-refractivity contribution in [2.45, 2.75) is 37.6 Å². The molecule has 1 unspecified atom stereocenters. The van der Waals surface area contributed by atoms with Crippen molar-refractivity contribution in [1.29, 1.82) is 0 Å². The molecule has 3 heteroatoms. The van der Waals surface area contributed by atoms with Gasteiger partial charge < -0.3 is 9.47 Å². The van der Waals surface area contributed by atoms with Gasteiger partial charge in [0.2, 0.25) is 0 Å². The van der Waals surface area contributed by atoms with Crippen LogP contribution in [0.1, 0.15) is 24.8 Å². The van der Waals surface area contributed by atoms with E-state index >= 15 is 0 Å². The minimum atomic E-state index is -0.142. The fourth-order valence-corrected chi connectivity index (χ4v) is 3.58. The van der Waals surface area contributed by atoms with Crippen LogP contribution in [-0.2, 0) is 14.3 Å².